The van der Waals surface area contributed by atoms with E-state index in [2.05, 4.69) is 4.90 Å². The highest BCUT2D eigenvalue weighted by molar-refractivity contribution is 4.76. The molecule has 1 saturated heterocycles. The van der Waals surface area contributed by atoms with Gasteiger partial charge in [-0.15, -0.1) is 0 Å². The van der Waals surface area contributed by atoms with Gasteiger partial charge in [-0.25, -0.2) is 0 Å². The Bertz CT molecular complexity index is 209. The van der Waals surface area contributed by atoms with Crippen LogP contribution in [0.25, 0.3) is 0 Å². The first-order valence-corrected chi connectivity index (χ1v) is 7.92. The summed E-state index contributed by atoms with van der Waals surface area (Å²) in [7, 11) is 0. The molecule has 0 atom stereocenters. The molecule has 0 spiro atoms. The van der Waals surface area contributed by atoms with Crippen LogP contribution < -0.4 is 5.73 Å². The average molecular weight is 254 g/mol. The van der Waals surface area contributed by atoms with Crippen LogP contribution in [0.1, 0.15) is 51.4 Å². The highest BCUT2D eigenvalue weighted by atomic mass is 16.5. The Labute approximate surface area is 112 Å². The summed E-state index contributed by atoms with van der Waals surface area (Å²) in [6.45, 7) is 5.42. The molecule has 0 amide bonds. The zero-order chi connectivity index (χ0) is 12.6. The first-order chi connectivity index (χ1) is 8.88. The van der Waals surface area contributed by atoms with E-state index in [1.165, 1.54) is 64.6 Å². The number of ether oxygens (including phenoxy) is 1. The van der Waals surface area contributed by atoms with E-state index in [9.17, 15) is 0 Å². The van der Waals surface area contributed by atoms with E-state index in [-0.39, 0.29) is 0 Å². The standard InChI is InChI=1S/C15H30N2O/c16-9-4-12-18-15-7-10-17(11-8-15)13-14-5-2-1-3-6-14/h14-15H,1-13,16H2. The fraction of sp³-hybridized carbons (Fsp3) is 1.00. The van der Waals surface area contributed by atoms with Crippen LogP contribution >= 0.6 is 0 Å². The van der Waals surface area contributed by atoms with Crippen molar-refractivity contribution in [2.24, 2.45) is 11.7 Å². The minimum absolute atomic E-state index is 0.499. The van der Waals surface area contributed by atoms with E-state index in [0.29, 0.717) is 6.10 Å². The predicted molar refractivity (Wildman–Crippen MR) is 75.7 cm³/mol. The van der Waals surface area contributed by atoms with E-state index >= 15 is 0 Å². The topological polar surface area (TPSA) is 38.5 Å². The molecule has 1 heterocycles. The first kappa shape index (κ1) is 14.3. The summed E-state index contributed by atoms with van der Waals surface area (Å²) in [4.78, 5) is 2.67. The third-order valence-corrected chi connectivity index (χ3v) is 4.48. The van der Waals surface area contributed by atoms with Gasteiger partial charge in [0.2, 0.25) is 0 Å². The van der Waals surface area contributed by atoms with Gasteiger partial charge in [-0.1, -0.05) is 19.3 Å². The molecule has 2 rings (SSSR count). The van der Waals surface area contributed by atoms with Gasteiger partial charge in [0.25, 0.3) is 0 Å². The SMILES string of the molecule is NCCCOC1CCN(CC2CCCCC2)CC1. The van der Waals surface area contributed by atoms with Gasteiger partial charge >= 0.3 is 0 Å². The minimum Gasteiger partial charge on any atom is -0.378 e. The summed E-state index contributed by atoms with van der Waals surface area (Å²) >= 11 is 0. The predicted octanol–water partition coefficient (Wildman–Crippen LogP) is 2.40. The summed E-state index contributed by atoms with van der Waals surface area (Å²) in [6.07, 6.45) is 11.3. The van der Waals surface area contributed by atoms with Gasteiger partial charge < -0.3 is 15.4 Å². The van der Waals surface area contributed by atoms with Crippen molar-refractivity contribution in [3.8, 4) is 0 Å². The Morgan fingerprint density at radius 2 is 1.72 bits per heavy atom. The van der Waals surface area contributed by atoms with E-state index in [1.807, 2.05) is 0 Å². The van der Waals surface area contributed by atoms with E-state index in [1.54, 1.807) is 0 Å². The fourth-order valence-corrected chi connectivity index (χ4v) is 3.33. The third-order valence-electron chi connectivity index (χ3n) is 4.48. The smallest absolute Gasteiger partial charge is 0.0599 e. The van der Waals surface area contributed by atoms with Crippen molar-refractivity contribution in [3.63, 3.8) is 0 Å². The molecule has 0 aromatic rings. The van der Waals surface area contributed by atoms with Crippen molar-refractivity contribution in [2.45, 2.75) is 57.5 Å². The van der Waals surface area contributed by atoms with Gasteiger partial charge in [0, 0.05) is 26.2 Å². The van der Waals surface area contributed by atoms with Crippen molar-refractivity contribution in [3.05, 3.63) is 0 Å². The van der Waals surface area contributed by atoms with E-state index in [4.69, 9.17) is 10.5 Å². The summed E-state index contributed by atoms with van der Waals surface area (Å²) in [6, 6.07) is 0. The molecular formula is C15H30N2O. The van der Waals surface area contributed by atoms with Gasteiger partial charge in [0.1, 0.15) is 0 Å². The zero-order valence-electron chi connectivity index (χ0n) is 11.8. The van der Waals surface area contributed by atoms with Gasteiger partial charge in [-0.2, -0.15) is 0 Å². The number of nitrogens with two attached hydrogens (primary N) is 1. The van der Waals surface area contributed by atoms with Crippen molar-refractivity contribution in [2.75, 3.05) is 32.8 Å². The van der Waals surface area contributed by atoms with Crippen LogP contribution in [0.2, 0.25) is 0 Å². The van der Waals surface area contributed by atoms with Crippen molar-refractivity contribution in [1.82, 2.24) is 4.90 Å². The van der Waals surface area contributed by atoms with Crippen LogP contribution in [-0.4, -0.2) is 43.8 Å². The Hall–Kier alpha value is -0.120. The second kappa shape index (κ2) is 8.13. The summed E-state index contributed by atoms with van der Waals surface area (Å²) in [5.41, 5.74) is 5.48. The zero-order valence-corrected chi connectivity index (χ0v) is 11.8. The molecule has 18 heavy (non-hydrogen) atoms. The second-order valence-electron chi connectivity index (χ2n) is 6.02. The molecule has 106 valence electrons. The molecule has 0 aromatic heterocycles. The van der Waals surface area contributed by atoms with Crippen LogP contribution in [0.4, 0.5) is 0 Å². The van der Waals surface area contributed by atoms with Crippen molar-refractivity contribution < 1.29 is 4.74 Å². The number of rotatable bonds is 6. The molecule has 0 bridgehead atoms. The number of piperidine rings is 1. The number of likely N-dealkylation sites (tertiary alicyclic amines) is 1. The lowest BCUT2D eigenvalue weighted by molar-refractivity contribution is 0.00326. The van der Waals surface area contributed by atoms with Gasteiger partial charge in [0.15, 0.2) is 0 Å². The fourth-order valence-electron chi connectivity index (χ4n) is 3.33. The summed E-state index contributed by atoms with van der Waals surface area (Å²) in [5.74, 6) is 0.980. The Balaban J connectivity index is 1.57. The van der Waals surface area contributed by atoms with Crippen LogP contribution in [0, 0.1) is 5.92 Å². The average Bonchev–Trinajstić information content (AvgIpc) is 2.42. The lowest BCUT2D eigenvalue weighted by atomic mass is 9.88. The molecule has 3 nitrogen and oxygen atoms in total. The maximum Gasteiger partial charge on any atom is 0.0599 e. The van der Waals surface area contributed by atoms with Gasteiger partial charge in [0.05, 0.1) is 6.10 Å². The Morgan fingerprint density at radius 3 is 2.39 bits per heavy atom. The lowest BCUT2D eigenvalue weighted by Gasteiger charge is -2.35. The number of hydrogen-bond acceptors (Lipinski definition) is 3. The monoisotopic (exact) mass is 254 g/mol. The maximum atomic E-state index is 5.85. The third kappa shape index (κ3) is 4.87. The van der Waals surface area contributed by atoms with Crippen LogP contribution in [0.15, 0.2) is 0 Å². The molecule has 1 saturated carbocycles. The Morgan fingerprint density at radius 1 is 1.00 bits per heavy atom. The lowest BCUT2D eigenvalue weighted by Crippen LogP contribution is -2.40. The van der Waals surface area contributed by atoms with Crippen molar-refractivity contribution >= 4 is 0 Å². The molecule has 1 aliphatic heterocycles. The first-order valence-electron chi connectivity index (χ1n) is 7.92. The van der Waals surface area contributed by atoms with Gasteiger partial charge in [-0.3, -0.25) is 0 Å². The van der Waals surface area contributed by atoms with Crippen LogP contribution in [-0.2, 0) is 4.74 Å². The number of hydrogen-bond donors (Lipinski definition) is 1. The van der Waals surface area contributed by atoms with Crippen LogP contribution in [0.5, 0.6) is 0 Å². The summed E-state index contributed by atoms with van der Waals surface area (Å²) in [5, 5.41) is 0. The molecule has 0 unspecified atom stereocenters. The molecular weight excluding hydrogens is 224 g/mol. The molecule has 2 aliphatic rings. The minimum atomic E-state index is 0.499. The maximum absolute atomic E-state index is 5.85. The normalized spacial score (nSPS) is 24.5. The van der Waals surface area contributed by atoms with E-state index in [0.717, 1.165) is 25.5 Å². The quantitative estimate of drug-likeness (QED) is 0.740. The molecule has 1 aliphatic carbocycles. The molecule has 0 radical (unpaired) electrons. The highest BCUT2D eigenvalue weighted by Gasteiger charge is 2.22. The number of nitrogens with zero attached hydrogens (tertiary/aromatic N) is 1. The second-order valence-corrected chi connectivity index (χ2v) is 6.02. The van der Waals surface area contributed by atoms with Gasteiger partial charge in [-0.05, 0) is 44.6 Å². The van der Waals surface area contributed by atoms with E-state index < -0.39 is 0 Å². The van der Waals surface area contributed by atoms with Crippen molar-refractivity contribution in [1.29, 1.82) is 0 Å². The highest BCUT2D eigenvalue weighted by Crippen LogP contribution is 2.25. The Kier molecular flexibility index (Phi) is 6.46. The molecule has 3 heteroatoms. The largest absolute Gasteiger partial charge is 0.378 e. The molecule has 2 fully saturated rings. The summed E-state index contributed by atoms with van der Waals surface area (Å²) < 4.78 is 5.85. The molecule has 2 N–H and O–H groups in total. The van der Waals surface area contributed by atoms with Crippen LogP contribution in [0.3, 0.4) is 0 Å². The molecule has 0 aromatic carbocycles.